The fourth-order valence-corrected chi connectivity index (χ4v) is 2.75. The summed E-state index contributed by atoms with van der Waals surface area (Å²) >= 11 is 0. The van der Waals surface area contributed by atoms with Crippen LogP contribution in [0.25, 0.3) is 0 Å². The molecule has 0 saturated heterocycles. The van der Waals surface area contributed by atoms with Crippen molar-refractivity contribution in [2.24, 2.45) is 0 Å². The number of rotatable bonds is 10. The van der Waals surface area contributed by atoms with E-state index in [1.807, 2.05) is 41.5 Å². The van der Waals surface area contributed by atoms with Crippen molar-refractivity contribution in [3.63, 3.8) is 0 Å². The largest absolute Gasteiger partial charge is 0.460 e. The number of hydrogen-bond acceptors (Lipinski definition) is 4. The maximum Gasteiger partial charge on any atom is 0.303 e. The third-order valence-electron chi connectivity index (χ3n) is 4.53. The van der Waals surface area contributed by atoms with Gasteiger partial charge >= 0.3 is 11.9 Å². The van der Waals surface area contributed by atoms with Crippen LogP contribution in [0.3, 0.4) is 0 Å². The molecule has 0 aromatic rings. The molecule has 0 N–H and O–H groups in total. The Kier molecular flexibility index (Phi) is 14.7. The molecule has 164 valence electrons. The average molecular weight is 397 g/mol. The lowest BCUT2D eigenvalue weighted by Gasteiger charge is -2.24. The molecule has 0 fully saturated rings. The lowest BCUT2D eigenvalue weighted by Crippen LogP contribution is -2.26. The van der Waals surface area contributed by atoms with Gasteiger partial charge in [0, 0.05) is 13.8 Å². The molecular weight excluding hydrogens is 352 g/mol. The summed E-state index contributed by atoms with van der Waals surface area (Å²) in [6.07, 6.45) is 10.4. The van der Waals surface area contributed by atoms with Crippen LogP contribution in [-0.4, -0.2) is 23.1 Å². The van der Waals surface area contributed by atoms with Crippen molar-refractivity contribution in [3.8, 4) is 0 Å². The van der Waals surface area contributed by atoms with Crippen LogP contribution in [-0.2, 0) is 19.1 Å². The summed E-state index contributed by atoms with van der Waals surface area (Å²) < 4.78 is 10.4. The van der Waals surface area contributed by atoms with Gasteiger partial charge in [0.1, 0.15) is 11.2 Å². The first-order valence-electron chi connectivity index (χ1n) is 10.4. The van der Waals surface area contributed by atoms with Gasteiger partial charge in [0.05, 0.1) is 0 Å². The monoisotopic (exact) mass is 396 g/mol. The van der Waals surface area contributed by atoms with Crippen LogP contribution < -0.4 is 0 Å². The predicted molar refractivity (Wildman–Crippen MR) is 118 cm³/mol. The van der Waals surface area contributed by atoms with Gasteiger partial charge in [-0.1, -0.05) is 23.3 Å². The topological polar surface area (TPSA) is 52.6 Å². The van der Waals surface area contributed by atoms with E-state index in [-0.39, 0.29) is 23.1 Å². The van der Waals surface area contributed by atoms with E-state index < -0.39 is 0 Å². The first-order valence-corrected chi connectivity index (χ1v) is 10.4. The number of carbonyl (C=O) groups is 2. The Labute approximate surface area is 173 Å². The summed E-state index contributed by atoms with van der Waals surface area (Å²) in [5.74, 6) is -0.393. The molecule has 0 bridgehead atoms. The minimum Gasteiger partial charge on any atom is -0.460 e. The van der Waals surface area contributed by atoms with Gasteiger partial charge < -0.3 is 9.47 Å². The van der Waals surface area contributed by atoms with Crippen LogP contribution in [0, 0.1) is 0 Å². The van der Waals surface area contributed by atoms with E-state index in [4.69, 9.17) is 9.47 Å². The molecule has 0 saturated carbocycles. The van der Waals surface area contributed by atoms with Crippen LogP contribution in [0.1, 0.15) is 108 Å². The zero-order chi connectivity index (χ0) is 22.4. The van der Waals surface area contributed by atoms with E-state index in [1.165, 1.54) is 25.0 Å². The van der Waals surface area contributed by atoms with Crippen LogP contribution in [0.5, 0.6) is 0 Å². The van der Waals surface area contributed by atoms with Crippen molar-refractivity contribution in [2.75, 3.05) is 0 Å². The Bertz CT molecular complexity index is 477. The minimum atomic E-state index is -0.320. The molecular formula is C24H44O4. The van der Waals surface area contributed by atoms with Gasteiger partial charge in [0.25, 0.3) is 0 Å². The maximum absolute atomic E-state index is 10.8. The van der Waals surface area contributed by atoms with Gasteiger partial charge in [-0.3, -0.25) is 9.59 Å². The predicted octanol–water partition coefficient (Wildman–Crippen LogP) is 6.93. The SMILES string of the molecule is C/C=C(/C)CCCC(C)(C)OC(C)=O.C/C=C(\C)CCCC(C)(C)OC(C)=O. The summed E-state index contributed by atoms with van der Waals surface area (Å²) in [7, 11) is 0. The zero-order valence-corrected chi connectivity index (χ0v) is 20.0. The van der Waals surface area contributed by atoms with Crippen LogP contribution in [0.2, 0.25) is 0 Å². The summed E-state index contributed by atoms with van der Waals surface area (Å²) in [5.41, 5.74) is 2.15. The van der Waals surface area contributed by atoms with Crippen LogP contribution >= 0.6 is 0 Å². The smallest absolute Gasteiger partial charge is 0.303 e. The molecule has 0 rings (SSSR count). The summed E-state index contributed by atoms with van der Waals surface area (Å²) in [6.45, 7) is 19.1. The van der Waals surface area contributed by atoms with Crippen LogP contribution in [0.4, 0.5) is 0 Å². The standard InChI is InChI=1S/2C12H22O2/c2*1-6-10(2)8-7-9-12(4,5)14-11(3)13/h2*6H,7-9H2,1-5H3/b10-6+;10-6-. The molecule has 0 aromatic carbocycles. The number of esters is 2. The Hall–Kier alpha value is -1.58. The molecule has 0 heterocycles. The normalized spacial score (nSPS) is 12.8. The van der Waals surface area contributed by atoms with Gasteiger partial charge in [0.15, 0.2) is 0 Å². The molecule has 0 amide bonds. The third kappa shape index (κ3) is 19.2. The maximum atomic E-state index is 10.8. The molecule has 28 heavy (non-hydrogen) atoms. The number of allylic oxidation sites excluding steroid dienone is 4. The second-order valence-electron chi connectivity index (χ2n) is 8.68. The first kappa shape index (κ1) is 28.6. The average Bonchev–Trinajstić information content (AvgIpc) is 2.52. The Morgan fingerprint density at radius 1 is 0.679 bits per heavy atom. The fourth-order valence-electron chi connectivity index (χ4n) is 2.75. The van der Waals surface area contributed by atoms with E-state index >= 15 is 0 Å². The highest BCUT2D eigenvalue weighted by atomic mass is 16.6. The lowest BCUT2D eigenvalue weighted by atomic mass is 9.99. The van der Waals surface area contributed by atoms with Crippen molar-refractivity contribution in [2.45, 2.75) is 119 Å². The lowest BCUT2D eigenvalue weighted by molar-refractivity contribution is -0.155. The van der Waals surface area contributed by atoms with Gasteiger partial charge in [0.2, 0.25) is 0 Å². The molecule has 0 unspecified atom stereocenters. The minimum absolute atomic E-state index is 0.197. The van der Waals surface area contributed by atoms with Gasteiger partial charge in [-0.25, -0.2) is 0 Å². The summed E-state index contributed by atoms with van der Waals surface area (Å²) in [5, 5.41) is 0. The second kappa shape index (κ2) is 14.4. The fraction of sp³-hybridized carbons (Fsp3) is 0.750. The molecule has 0 radical (unpaired) electrons. The van der Waals surface area contributed by atoms with Gasteiger partial charge in [-0.2, -0.15) is 0 Å². The Morgan fingerprint density at radius 3 is 1.18 bits per heavy atom. The molecule has 0 aliphatic rings. The Morgan fingerprint density at radius 2 is 0.964 bits per heavy atom. The molecule has 0 atom stereocenters. The molecule has 4 nitrogen and oxygen atoms in total. The number of carbonyl (C=O) groups excluding carboxylic acids is 2. The summed E-state index contributed by atoms with van der Waals surface area (Å²) in [6, 6.07) is 0. The van der Waals surface area contributed by atoms with Crippen molar-refractivity contribution in [1.29, 1.82) is 0 Å². The molecule has 0 aromatic heterocycles. The van der Waals surface area contributed by atoms with E-state index in [0.29, 0.717) is 0 Å². The van der Waals surface area contributed by atoms with Crippen LogP contribution in [0.15, 0.2) is 23.3 Å². The highest BCUT2D eigenvalue weighted by molar-refractivity contribution is 5.66. The molecule has 0 aliphatic carbocycles. The van der Waals surface area contributed by atoms with Gasteiger partial charge in [-0.15, -0.1) is 0 Å². The zero-order valence-electron chi connectivity index (χ0n) is 20.0. The molecule has 0 spiro atoms. The second-order valence-corrected chi connectivity index (χ2v) is 8.68. The Balaban J connectivity index is 0. The van der Waals surface area contributed by atoms with E-state index in [9.17, 15) is 9.59 Å². The number of ether oxygens (including phenoxy) is 2. The van der Waals surface area contributed by atoms with Crippen molar-refractivity contribution in [1.82, 2.24) is 0 Å². The number of hydrogen-bond donors (Lipinski definition) is 0. The first-order chi connectivity index (χ1) is 12.7. The summed E-state index contributed by atoms with van der Waals surface area (Å²) in [4.78, 5) is 21.6. The molecule has 0 aliphatic heterocycles. The van der Waals surface area contributed by atoms with E-state index in [2.05, 4.69) is 26.0 Å². The van der Waals surface area contributed by atoms with Crippen molar-refractivity contribution in [3.05, 3.63) is 23.3 Å². The molecule has 4 heteroatoms. The van der Waals surface area contributed by atoms with E-state index in [1.54, 1.807) is 0 Å². The van der Waals surface area contributed by atoms with Gasteiger partial charge in [-0.05, 0) is 93.9 Å². The third-order valence-corrected chi connectivity index (χ3v) is 4.53. The van der Waals surface area contributed by atoms with E-state index in [0.717, 1.165) is 38.5 Å². The van der Waals surface area contributed by atoms with Crippen molar-refractivity contribution < 1.29 is 19.1 Å². The quantitative estimate of drug-likeness (QED) is 0.297. The highest BCUT2D eigenvalue weighted by Crippen LogP contribution is 2.20. The van der Waals surface area contributed by atoms with Crippen molar-refractivity contribution >= 4 is 11.9 Å². The highest BCUT2D eigenvalue weighted by Gasteiger charge is 2.20.